The molecule has 22 heavy (non-hydrogen) atoms. The first-order chi connectivity index (χ1) is 10.4. The van der Waals surface area contributed by atoms with Crippen molar-refractivity contribution in [2.45, 2.75) is 48.4 Å². The van der Waals surface area contributed by atoms with Crippen LogP contribution in [0.15, 0.2) is 34.1 Å². The molecule has 0 spiro atoms. The molecule has 2 rings (SSSR count). The minimum Gasteiger partial charge on any atom is -0.352 e. The van der Waals surface area contributed by atoms with E-state index in [-0.39, 0.29) is 5.91 Å². The summed E-state index contributed by atoms with van der Waals surface area (Å²) < 4.78 is 22.8. The standard InChI is InChI=1S/C16H23NO3S2/c1-12-5-3-4-6-15(12)17-16(18)11-21-13-7-9-14(10-8-13)22(2,19)20/h7-10,12,15H,3-6,11H2,1-2H3,(H,17,18)/t12-,15-/m0/s1. The molecule has 1 amide bonds. The summed E-state index contributed by atoms with van der Waals surface area (Å²) in [5.74, 6) is 0.967. The fourth-order valence-corrected chi connectivity index (χ4v) is 4.05. The molecule has 1 aromatic rings. The molecular weight excluding hydrogens is 318 g/mol. The molecule has 4 nitrogen and oxygen atoms in total. The lowest BCUT2D eigenvalue weighted by Crippen LogP contribution is -2.41. The van der Waals surface area contributed by atoms with Crippen molar-refractivity contribution in [1.82, 2.24) is 5.32 Å². The van der Waals surface area contributed by atoms with Crippen molar-refractivity contribution in [1.29, 1.82) is 0 Å². The number of carbonyl (C=O) groups is 1. The molecule has 0 heterocycles. The lowest BCUT2D eigenvalue weighted by atomic mass is 9.86. The molecule has 1 aromatic carbocycles. The lowest BCUT2D eigenvalue weighted by molar-refractivity contribution is -0.119. The third-order valence-corrected chi connectivity index (χ3v) is 6.22. The first-order valence-electron chi connectivity index (χ1n) is 7.58. The number of hydrogen-bond acceptors (Lipinski definition) is 4. The Morgan fingerprint density at radius 2 is 1.86 bits per heavy atom. The van der Waals surface area contributed by atoms with Gasteiger partial charge in [0.25, 0.3) is 0 Å². The van der Waals surface area contributed by atoms with Gasteiger partial charge in [-0.25, -0.2) is 8.42 Å². The summed E-state index contributed by atoms with van der Waals surface area (Å²) in [5, 5.41) is 3.12. The fourth-order valence-electron chi connectivity index (χ4n) is 2.71. The molecule has 122 valence electrons. The smallest absolute Gasteiger partial charge is 0.230 e. The van der Waals surface area contributed by atoms with E-state index < -0.39 is 9.84 Å². The second-order valence-electron chi connectivity index (χ2n) is 5.97. The summed E-state index contributed by atoms with van der Waals surface area (Å²) in [4.78, 5) is 13.2. The van der Waals surface area contributed by atoms with E-state index in [2.05, 4.69) is 12.2 Å². The van der Waals surface area contributed by atoms with Crippen molar-refractivity contribution in [3.05, 3.63) is 24.3 Å². The van der Waals surface area contributed by atoms with Crippen LogP contribution in [-0.4, -0.2) is 32.4 Å². The van der Waals surface area contributed by atoms with E-state index in [4.69, 9.17) is 0 Å². The molecule has 1 aliphatic carbocycles. The van der Waals surface area contributed by atoms with Gasteiger partial charge in [0, 0.05) is 17.2 Å². The molecular formula is C16H23NO3S2. The quantitative estimate of drug-likeness (QED) is 0.837. The van der Waals surface area contributed by atoms with Crippen LogP contribution in [0.25, 0.3) is 0 Å². The summed E-state index contributed by atoms with van der Waals surface area (Å²) in [6.07, 6.45) is 5.89. The van der Waals surface area contributed by atoms with Crippen molar-refractivity contribution in [2.75, 3.05) is 12.0 Å². The second kappa shape index (κ2) is 7.51. The van der Waals surface area contributed by atoms with Gasteiger partial charge in [-0.3, -0.25) is 4.79 Å². The van der Waals surface area contributed by atoms with Crippen LogP contribution in [-0.2, 0) is 14.6 Å². The number of benzene rings is 1. The van der Waals surface area contributed by atoms with Gasteiger partial charge >= 0.3 is 0 Å². The number of rotatable bonds is 5. The van der Waals surface area contributed by atoms with E-state index in [1.807, 2.05) is 0 Å². The Bertz CT molecular complexity index is 611. The van der Waals surface area contributed by atoms with Gasteiger partial charge < -0.3 is 5.32 Å². The number of hydrogen-bond donors (Lipinski definition) is 1. The zero-order valence-electron chi connectivity index (χ0n) is 13.0. The third-order valence-electron chi connectivity index (χ3n) is 4.08. The summed E-state index contributed by atoms with van der Waals surface area (Å²) in [6, 6.07) is 6.96. The average Bonchev–Trinajstić information content (AvgIpc) is 2.47. The minimum atomic E-state index is -3.16. The highest BCUT2D eigenvalue weighted by Gasteiger charge is 2.22. The van der Waals surface area contributed by atoms with Crippen LogP contribution < -0.4 is 5.32 Å². The molecule has 1 fully saturated rings. The maximum absolute atomic E-state index is 12.0. The second-order valence-corrected chi connectivity index (χ2v) is 9.03. The Kier molecular flexibility index (Phi) is 5.92. The van der Waals surface area contributed by atoms with Crippen LogP contribution in [0.1, 0.15) is 32.6 Å². The number of thioether (sulfide) groups is 1. The molecule has 0 radical (unpaired) electrons. The van der Waals surface area contributed by atoms with Crippen molar-refractivity contribution >= 4 is 27.5 Å². The monoisotopic (exact) mass is 341 g/mol. The van der Waals surface area contributed by atoms with Gasteiger partial charge in [-0.2, -0.15) is 0 Å². The van der Waals surface area contributed by atoms with Gasteiger partial charge in [0.15, 0.2) is 9.84 Å². The summed E-state index contributed by atoms with van der Waals surface area (Å²) in [5.41, 5.74) is 0. The van der Waals surface area contributed by atoms with Crippen LogP contribution in [0.5, 0.6) is 0 Å². The zero-order valence-corrected chi connectivity index (χ0v) is 14.7. The highest BCUT2D eigenvalue weighted by molar-refractivity contribution is 8.00. The van der Waals surface area contributed by atoms with Crippen molar-refractivity contribution in [2.24, 2.45) is 5.92 Å². The molecule has 0 aliphatic heterocycles. The normalized spacial score (nSPS) is 22.3. The lowest BCUT2D eigenvalue weighted by Gasteiger charge is -2.29. The highest BCUT2D eigenvalue weighted by Crippen LogP contribution is 2.24. The van der Waals surface area contributed by atoms with Crippen molar-refractivity contribution in [3.8, 4) is 0 Å². The van der Waals surface area contributed by atoms with E-state index in [0.29, 0.717) is 22.6 Å². The first kappa shape index (κ1) is 17.3. The molecule has 1 aliphatic rings. The third kappa shape index (κ3) is 5.02. The SMILES string of the molecule is C[C@H]1CCCC[C@@H]1NC(=O)CSc1ccc(S(C)(=O)=O)cc1. The molecule has 6 heteroatoms. The Morgan fingerprint density at radius 3 is 2.45 bits per heavy atom. The van der Waals surface area contributed by atoms with Crippen LogP contribution in [0, 0.1) is 5.92 Å². The number of carbonyl (C=O) groups excluding carboxylic acids is 1. The predicted octanol–water partition coefficient (Wildman–Crippen LogP) is 2.88. The Hall–Kier alpha value is -1.01. The molecule has 0 unspecified atom stereocenters. The zero-order chi connectivity index (χ0) is 16.2. The summed E-state index contributed by atoms with van der Waals surface area (Å²) in [7, 11) is -3.16. The molecule has 0 bridgehead atoms. The van der Waals surface area contributed by atoms with Gasteiger partial charge in [0.1, 0.15) is 0 Å². The Morgan fingerprint density at radius 1 is 1.23 bits per heavy atom. The van der Waals surface area contributed by atoms with E-state index in [1.165, 1.54) is 37.3 Å². The number of amides is 1. The fraction of sp³-hybridized carbons (Fsp3) is 0.562. The highest BCUT2D eigenvalue weighted by atomic mass is 32.2. The van der Waals surface area contributed by atoms with Crippen molar-refractivity contribution < 1.29 is 13.2 Å². The Labute approximate surface area is 137 Å². The topological polar surface area (TPSA) is 63.2 Å². The van der Waals surface area contributed by atoms with Gasteiger partial charge in [-0.15, -0.1) is 11.8 Å². The van der Waals surface area contributed by atoms with Crippen LogP contribution in [0.3, 0.4) is 0 Å². The average molecular weight is 341 g/mol. The van der Waals surface area contributed by atoms with E-state index in [9.17, 15) is 13.2 Å². The van der Waals surface area contributed by atoms with Crippen LogP contribution in [0.2, 0.25) is 0 Å². The van der Waals surface area contributed by atoms with Crippen LogP contribution in [0.4, 0.5) is 0 Å². The summed E-state index contributed by atoms with van der Waals surface area (Å²) >= 11 is 1.43. The van der Waals surface area contributed by atoms with Gasteiger partial charge in [-0.1, -0.05) is 19.8 Å². The summed E-state index contributed by atoms with van der Waals surface area (Å²) in [6.45, 7) is 2.20. The molecule has 1 saturated carbocycles. The van der Waals surface area contributed by atoms with Gasteiger partial charge in [0.2, 0.25) is 5.91 Å². The van der Waals surface area contributed by atoms with E-state index >= 15 is 0 Å². The molecule has 1 N–H and O–H groups in total. The number of nitrogens with one attached hydrogen (secondary N) is 1. The first-order valence-corrected chi connectivity index (χ1v) is 10.5. The minimum absolute atomic E-state index is 0.0518. The molecule has 0 saturated heterocycles. The maximum atomic E-state index is 12.0. The number of sulfone groups is 1. The van der Waals surface area contributed by atoms with Gasteiger partial charge in [0.05, 0.1) is 10.6 Å². The van der Waals surface area contributed by atoms with E-state index in [1.54, 1.807) is 24.3 Å². The molecule has 0 aromatic heterocycles. The van der Waals surface area contributed by atoms with Crippen LogP contribution >= 0.6 is 11.8 Å². The predicted molar refractivity (Wildman–Crippen MR) is 89.8 cm³/mol. The van der Waals surface area contributed by atoms with Crippen molar-refractivity contribution in [3.63, 3.8) is 0 Å². The van der Waals surface area contributed by atoms with E-state index in [0.717, 1.165) is 11.3 Å². The Balaban J connectivity index is 1.83. The maximum Gasteiger partial charge on any atom is 0.230 e. The molecule has 2 atom stereocenters. The largest absolute Gasteiger partial charge is 0.352 e. The van der Waals surface area contributed by atoms with Gasteiger partial charge in [-0.05, 0) is 43.0 Å².